The van der Waals surface area contributed by atoms with E-state index in [1.807, 2.05) is 6.08 Å². The molecule has 0 saturated carbocycles. The molecule has 2 unspecified atom stereocenters. The van der Waals surface area contributed by atoms with E-state index in [-0.39, 0.29) is 12.1 Å². The third kappa shape index (κ3) is 8.49. The third-order valence-corrected chi connectivity index (χ3v) is 3.86. The molecule has 0 bridgehead atoms. The Hall–Kier alpha value is -1.41. The van der Waals surface area contributed by atoms with E-state index in [4.69, 9.17) is 18.9 Å². The van der Waals surface area contributed by atoms with Gasteiger partial charge in [-0.15, -0.1) is 6.58 Å². The molecule has 2 atom stereocenters. The number of hydrogen-bond acceptors (Lipinski definition) is 7. The molecule has 0 fully saturated rings. The van der Waals surface area contributed by atoms with E-state index in [1.165, 1.54) is 0 Å². The van der Waals surface area contributed by atoms with Gasteiger partial charge in [-0.05, 0) is 13.8 Å². The summed E-state index contributed by atoms with van der Waals surface area (Å²) in [4.78, 5) is 4.60. The van der Waals surface area contributed by atoms with Gasteiger partial charge in [0.15, 0.2) is 0 Å². The highest BCUT2D eigenvalue weighted by molar-refractivity contribution is 6.01. The Morgan fingerprint density at radius 2 is 1.96 bits per heavy atom. The van der Waals surface area contributed by atoms with Gasteiger partial charge >= 0.3 is 0 Å². The first-order chi connectivity index (χ1) is 12.1. The van der Waals surface area contributed by atoms with E-state index in [2.05, 4.69) is 36.1 Å². The van der Waals surface area contributed by atoms with Crippen molar-refractivity contribution in [1.82, 2.24) is 10.6 Å². The summed E-state index contributed by atoms with van der Waals surface area (Å²) in [5, 5.41) is 6.67. The van der Waals surface area contributed by atoms with Crippen molar-refractivity contribution in [3.05, 3.63) is 24.0 Å². The number of rotatable bonds is 14. The minimum Gasteiger partial charge on any atom is -0.382 e. The maximum atomic E-state index is 5.90. The zero-order valence-corrected chi connectivity index (χ0v) is 16.0. The minimum absolute atomic E-state index is 0.0723. The van der Waals surface area contributed by atoms with Gasteiger partial charge in [0.05, 0.1) is 39.1 Å². The summed E-state index contributed by atoms with van der Waals surface area (Å²) in [5.41, 5.74) is 2.12. The monoisotopic (exact) mass is 355 g/mol. The first-order valence-corrected chi connectivity index (χ1v) is 8.67. The second kappa shape index (κ2) is 12.9. The van der Waals surface area contributed by atoms with E-state index < -0.39 is 0 Å². The number of methoxy groups -OCH3 is 2. The van der Waals surface area contributed by atoms with Gasteiger partial charge in [-0.2, -0.15) is 0 Å². The third-order valence-electron chi connectivity index (χ3n) is 3.86. The van der Waals surface area contributed by atoms with Crippen molar-refractivity contribution < 1.29 is 18.9 Å². The van der Waals surface area contributed by atoms with Crippen LogP contribution in [0.15, 0.2) is 29.0 Å². The van der Waals surface area contributed by atoms with Gasteiger partial charge in [-0.3, -0.25) is 4.99 Å². The lowest BCUT2D eigenvalue weighted by molar-refractivity contribution is -0.0368. The van der Waals surface area contributed by atoms with Crippen molar-refractivity contribution in [3.63, 3.8) is 0 Å². The fourth-order valence-electron chi connectivity index (χ4n) is 2.31. The fourth-order valence-corrected chi connectivity index (χ4v) is 2.31. The summed E-state index contributed by atoms with van der Waals surface area (Å²) in [5.74, 6) is 0.994. The Bertz CT molecular complexity index is 452. The van der Waals surface area contributed by atoms with Crippen LogP contribution in [0.2, 0.25) is 0 Å². The molecular formula is C18H33N3O4. The number of ether oxygens (including phenoxy) is 4. The fraction of sp³-hybridized carbons (Fsp3) is 0.722. The van der Waals surface area contributed by atoms with E-state index >= 15 is 0 Å². The molecule has 0 aromatic rings. The average Bonchev–Trinajstić information content (AvgIpc) is 2.61. The number of aliphatic imine (C=N–C) groups is 1. The van der Waals surface area contributed by atoms with Crippen molar-refractivity contribution in [1.29, 1.82) is 0 Å². The highest BCUT2D eigenvalue weighted by Crippen LogP contribution is 2.14. The van der Waals surface area contributed by atoms with Crippen molar-refractivity contribution in [3.8, 4) is 0 Å². The predicted molar refractivity (Wildman–Crippen MR) is 99.9 cm³/mol. The largest absolute Gasteiger partial charge is 0.382 e. The smallest absolute Gasteiger partial charge is 0.109 e. The first-order valence-electron chi connectivity index (χ1n) is 8.67. The molecule has 7 heteroatoms. The Balaban J connectivity index is 2.65. The lowest BCUT2D eigenvalue weighted by Crippen LogP contribution is -2.38. The number of nitrogens with zero attached hydrogens (tertiary/aromatic N) is 1. The van der Waals surface area contributed by atoms with Gasteiger partial charge in [0.1, 0.15) is 12.5 Å². The summed E-state index contributed by atoms with van der Waals surface area (Å²) >= 11 is 0. The molecule has 0 radical (unpaired) electrons. The van der Waals surface area contributed by atoms with Crippen LogP contribution in [-0.2, 0) is 18.9 Å². The lowest BCUT2D eigenvalue weighted by atomic mass is 10.0. The van der Waals surface area contributed by atoms with Gasteiger partial charge < -0.3 is 29.6 Å². The summed E-state index contributed by atoms with van der Waals surface area (Å²) < 4.78 is 21.6. The second-order valence-corrected chi connectivity index (χ2v) is 5.87. The van der Waals surface area contributed by atoms with Crippen molar-refractivity contribution in [2.45, 2.75) is 32.4 Å². The zero-order chi connectivity index (χ0) is 18.5. The van der Waals surface area contributed by atoms with Crippen LogP contribution in [0.3, 0.4) is 0 Å². The Kier molecular flexibility index (Phi) is 11.1. The molecule has 144 valence electrons. The number of hydrogen-bond donors (Lipinski definition) is 2. The van der Waals surface area contributed by atoms with Crippen LogP contribution in [-0.4, -0.2) is 71.8 Å². The standard InChI is InChI=1S/C18H33N3O4/c1-6-14(2)21-18-15(3)17(19-13-20-18)11-16(25-10-8-23-5)12-24-9-7-22-4/h6,14,16,20-21H,1,7-13H2,2-5H3. The molecular weight excluding hydrogens is 322 g/mol. The summed E-state index contributed by atoms with van der Waals surface area (Å²) in [6.07, 6.45) is 2.49. The molecule has 25 heavy (non-hydrogen) atoms. The Labute approximate surface area is 151 Å². The van der Waals surface area contributed by atoms with Crippen molar-refractivity contribution in [2.24, 2.45) is 4.99 Å². The molecule has 0 amide bonds. The molecule has 1 aliphatic heterocycles. The quantitative estimate of drug-likeness (QED) is 0.363. The van der Waals surface area contributed by atoms with Crippen molar-refractivity contribution >= 4 is 5.71 Å². The van der Waals surface area contributed by atoms with Crippen LogP contribution in [0, 0.1) is 0 Å². The molecule has 0 aliphatic carbocycles. The highest BCUT2D eigenvalue weighted by atomic mass is 16.6. The van der Waals surface area contributed by atoms with Gasteiger partial charge in [0, 0.05) is 38.0 Å². The van der Waals surface area contributed by atoms with E-state index in [1.54, 1.807) is 14.2 Å². The molecule has 1 heterocycles. The van der Waals surface area contributed by atoms with Gasteiger partial charge in [-0.25, -0.2) is 0 Å². The predicted octanol–water partition coefficient (Wildman–Crippen LogP) is 1.47. The number of nitrogens with one attached hydrogen (secondary N) is 2. The summed E-state index contributed by atoms with van der Waals surface area (Å²) in [6, 6.07) is 0.183. The van der Waals surface area contributed by atoms with E-state index in [9.17, 15) is 0 Å². The van der Waals surface area contributed by atoms with Crippen molar-refractivity contribution in [2.75, 3.05) is 53.9 Å². The maximum absolute atomic E-state index is 5.90. The van der Waals surface area contributed by atoms with Gasteiger partial charge in [0.2, 0.25) is 0 Å². The van der Waals surface area contributed by atoms with Crippen LogP contribution in [0.5, 0.6) is 0 Å². The second-order valence-electron chi connectivity index (χ2n) is 5.87. The summed E-state index contributed by atoms with van der Waals surface area (Å²) in [6.45, 7) is 11.2. The average molecular weight is 355 g/mol. The molecule has 0 saturated heterocycles. The molecule has 7 nitrogen and oxygen atoms in total. The first kappa shape index (κ1) is 21.6. The van der Waals surface area contributed by atoms with Gasteiger partial charge in [0.25, 0.3) is 0 Å². The topological polar surface area (TPSA) is 73.3 Å². The van der Waals surface area contributed by atoms with Crippen LogP contribution < -0.4 is 10.6 Å². The van der Waals surface area contributed by atoms with Crippen LogP contribution >= 0.6 is 0 Å². The minimum atomic E-state index is -0.0723. The van der Waals surface area contributed by atoms with Crippen LogP contribution in [0.1, 0.15) is 20.3 Å². The lowest BCUT2D eigenvalue weighted by Gasteiger charge is -2.26. The normalized spacial score (nSPS) is 16.9. The van der Waals surface area contributed by atoms with E-state index in [0.717, 1.165) is 17.1 Å². The van der Waals surface area contributed by atoms with E-state index in [0.29, 0.717) is 46.1 Å². The van der Waals surface area contributed by atoms with Crippen LogP contribution in [0.25, 0.3) is 0 Å². The molecule has 0 aromatic carbocycles. The molecule has 0 aromatic heterocycles. The maximum Gasteiger partial charge on any atom is 0.109 e. The number of allylic oxidation sites excluding steroid dienone is 1. The van der Waals surface area contributed by atoms with Gasteiger partial charge in [-0.1, -0.05) is 6.08 Å². The SMILES string of the molecule is C=CC(C)NC1=C(C)C(CC(COCCOC)OCCOC)=NCN1. The Morgan fingerprint density at radius 1 is 1.24 bits per heavy atom. The highest BCUT2D eigenvalue weighted by Gasteiger charge is 2.19. The molecule has 2 N–H and O–H groups in total. The molecule has 1 rings (SSSR count). The summed E-state index contributed by atoms with van der Waals surface area (Å²) in [7, 11) is 3.32. The molecule has 1 aliphatic rings. The molecule has 0 spiro atoms. The Morgan fingerprint density at radius 3 is 2.64 bits per heavy atom. The zero-order valence-electron chi connectivity index (χ0n) is 16.0. The van der Waals surface area contributed by atoms with Crippen LogP contribution in [0.4, 0.5) is 0 Å².